The molecule has 0 aliphatic carbocycles. The zero-order valence-corrected chi connectivity index (χ0v) is 8.75. The van der Waals surface area contributed by atoms with Crippen LogP contribution < -0.4 is 0 Å². The summed E-state index contributed by atoms with van der Waals surface area (Å²) in [6.45, 7) is 1.35. The number of benzene rings is 1. The molecule has 0 bridgehead atoms. The van der Waals surface area contributed by atoms with E-state index >= 15 is 0 Å². The summed E-state index contributed by atoms with van der Waals surface area (Å²) in [5.41, 5.74) is 0.872. The highest BCUT2D eigenvalue weighted by Gasteiger charge is 1.99. The van der Waals surface area contributed by atoms with Crippen LogP contribution in [-0.4, -0.2) is 18.2 Å². The standard InChI is InChI=1S/C11H11NO4/c1-9(13)16-12-7-11(14)15-8-10-5-3-2-4-6-10/h2-7H,8H2,1H3. The Labute approximate surface area is 92.7 Å². The molecule has 0 spiro atoms. The molecular weight excluding hydrogens is 210 g/mol. The first-order chi connectivity index (χ1) is 7.68. The van der Waals surface area contributed by atoms with Crippen LogP contribution in [0.5, 0.6) is 0 Å². The highest BCUT2D eigenvalue weighted by Crippen LogP contribution is 1.99. The number of ether oxygens (including phenoxy) is 1. The van der Waals surface area contributed by atoms with E-state index in [9.17, 15) is 9.59 Å². The zero-order chi connectivity index (χ0) is 11.8. The Bertz CT molecular complexity index is 386. The van der Waals surface area contributed by atoms with Gasteiger partial charge >= 0.3 is 11.9 Å². The molecule has 1 rings (SSSR count). The Kier molecular flexibility index (Phi) is 4.72. The predicted molar refractivity (Wildman–Crippen MR) is 56.5 cm³/mol. The summed E-state index contributed by atoms with van der Waals surface area (Å²) in [6, 6.07) is 9.21. The van der Waals surface area contributed by atoms with E-state index in [-0.39, 0.29) is 6.61 Å². The molecule has 5 nitrogen and oxygen atoms in total. The molecular formula is C11H11NO4. The van der Waals surface area contributed by atoms with Crippen LogP contribution in [0, 0.1) is 0 Å². The first-order valence-electron chi connectivity index (χ1n) is 4.60. The molecule has 0 saturated heterocycles. The summed E-state index contributed by atoms with van der Waals surface area (Å²) in [6.07, 6.45) is 0.810. The second kappa shape index (κ2) is 6.34. The molecule has 0 radical (unpaired) electrons. The summed E-state index contributed by atoms with van der Waals surface area (Å²) >= 11 is 0. The average Bonchev–Trinajstić information content (AvgIpc) is 2.27. The largest absolute Gasteiger partial charge is 0.456 e. The normalized spacial score (nSPS) is 10.1. The van der Waals surface area contributed by atoms with E-state index in [1.165, 1.54) is 6.92 Å². The van der Waals surface area contributed by atoms with Gasteiger partial charge in [0.25, 0.3) is 0 Å². The summed E-state index contributed by atoms with van der Waals surface area (Å²) in [4.78, 5) is 25.5. The maximum absolute atomic E-state index is 11.0. The lowest BCUT2D eigenvalue weighted by atomic mass is 10.2. The zero-order valence-electron chi connectivity index (χ0n) is 8.75. The number of carbonyl (C=O) groups excluding carboxylic acids is 2. The van der Waals surface area contributed by atoms with Gasteiger partial charge in [-0.15, -0.1) is 0 Å². The second-order valence-corrected chi connectivity index (χ2v) is 2.91. The van der Waals surface area contributed by atoms with Crippen molar-refractivity contribution in [3.63, 3.8) is 0 Å². The van der Waals surface area contributed by atoms with Crippen LogP contribution in [0.4, 0.5) is 0 Å². The first-order valence-corrected chi connectivity index (χ1v) is 4.60. The van der Waals surface area contributed by atoms with Crippen molar-refractivity contribution in [2.75, 3.05) is 0 Å². The van der Waals surface area contributed by atoms with Crippen molar-refractivity contribution in [3.8, 4) is 0 Å². The Balaban J connectivity index is 2.30. The molecule has 5 heteroatoms. The van der Waals surface area contributed by atoms with E-state index in [4.69, 9.17) is 4.74 Å². The van der Waals surface area contributed by atoms with Gasteiger partial charge in [0.15, 0.2) is 6.21 Å². The third kappa shape index (κ3) is 4.90. The Hall–Kier alpha value is -2.17. The number of oxime groups is 1. The van der Waals surface area contributed by atoms with Crippen molar-refractivity contribution in [2.24, 2.45) is 5.16 Å². The quantitative estimate of drug-likeness (QED) is 0.332. The lowest BCUT2D eigenvalue weighted by molar-refractivity contribution is -0.141. The molecule has 0 amide bonds. The van der Waals surface area contributed by atoms with Crippen molar-refractivity contribution in [1.82, 2.24) is 0 Å². The average molecular weight is 221 g/mol. The van der Waals surface area contributed by atoms with Crippen molar-refractivity contribution in [3.05, 3.63) is 35.9 Å². The lowest BCUT2D eigenvalue weighted by Gasteiger charge is -2.00. The monoisotopic (exact) mass is 221 g/mol. The Morgan fingerprint density at radius 3 is 2.62 bits per heavy atom. The summed E-state index contributed by atoms with van der Waals surface area (Å²) < 4.78 is 4.83. The molecule has 1 aromatic carbocycles. The first kappa shape index (κ1) is 11.9. The third-order valence-corrected chi connectivity index (χ3v) is 1.56. The molecule has 0 saturated carbocycles. The fourth-order valence-electron chi connectivity index (χ4n) is 0.910. The topological polar surface area (TPSA) is 65.0 Å². The van der Waals surface area contributed by atoms with Crippen molar-refractivity contribution in [2.45, 2.75) is 13.5 Å². The number of hydrogen-bond donors (Lipinski definition) is 0. The molecule has 84 valence electrons. The van der Waals surface area contributed by atoms with Crippen molar-refractivity contribution in [1.29, 1.82) is 0 Å². The van der Waals surface area contributed by atoms with Gasteiger partial charge in [-0.2, -0.15) is 0 Å². The van der Waals surface area contributed by atoms with E-state index in [1.807, 2.05) is 30.3 Å². The fourth-order valence-corrected chi connectivity index (χ4v) is 0.910. The second-order valence-electron chi connectivity index (χ2n) is 2.91. The van der Waals surface area contributed by atoms with Gasteiger partial charge in [-0.25, -0.2) is 9.59 Å². The summed E-state index contributed by atoms with van der Waals surface area (Å²) in [5, 5.41) is 3.13. The van der Waals surface area contributed by atoms with Gasteiger partial charge < -0.3 is 9.57 Å². The van der Waals surface area contributed by atoms with Gasteiger partial charge in [0.1, 0.15) is 6.61 Å². The number of carbonyl (C=O) groups is 2. The smallest absolute Gasteiger partial charge is 0.353 e. The summed E-state index contributed by atoms with van der Waals surface area (Å²) in [5.74, 6) is -1.25. The van der Waals surface area contributed by atoms with E-state index in [0.29, 0.717) is 0 Å². The highest BCUT2D eigenvalue weighted by molar-refractivity contribution is 6.22. The Morgan fingerprint density at radius 2 is 2.00 bits per heavy atom. The minimum Gasteiger partial charge on any atom is -0.456 e. The van der Waals surface area contributed by atoms with Crippen LogP contribution in [-0.2, 0) is 25.8 Å². The molecule has 0 atom stereocenters. The summed E-state index contributed by atoms with van der Waals surface area (Å²) in [7, 11) is 0. The lowest BCUT2D eigenvalue weighted by Crippen LogP contribution is -2.06. The van der Waals surface area contributed by atoms with Crippen LogP contribution in [0.2, 0.25) is 0 Å². The molecule has 1 aromatic rings. The van der Waals surface area contributed by atoms with Crippen LogP contribution in [0.25, 0.3) is 0 Å². The van der Waals surface area contributed by atoms with E-state index in [2.05, 4.69) is 9.99 Å². The van der Waals surface area contributed by atoms with Crippen LogP contribution >= 0.6 is 0 Å². The number of nitrogens with zero attached hydrogens (tertiary/aromatic N) is 1. The minimum absolute atomic E-state index is 0.158. The van der Waals surface area contributed by atoms with Gasteiger partial charge in [0, 0.05) is 6.92 Å². The van der Waals surface area contributed by atoms with Crippen LogP contribution in [0.3, 0.4) is 0 Å². The molecule has 0 unspecified atom stereocenters. The van der Waals surface area contributed by atoms with Gasteiger partial charge in [0.2, 0.25) is 0 Å². The SMILES string of the molecule is CC(=O)ON=CC(=O)OCc1ccccc1. The van der Waals surface area contributed by atoms with Crippen molar-refractivity contribution >= 4 is 18.2 Å². The molecule has 16 heavy (non-hydrogen) atoms. The minimum atomic E-state index is -0.662. The molecule has 0 aromatic heterocycles. The van der Waals surface area contributed by atoms with E-state index in [1.54, 1.807) is 0 Å². The van der Waals surface area contributed by atoms with Gasteiger partial charge in [-0.1, -0.05) is 35.5 Å². The molecule has 0 aliphatic heterocycles. The van der Waals surface area contributed by atoms with Gasteiger partial charge in [-0.05, 0) is 5.56 Å². The third-order valence-electron chi connectivity index (χ3n) is 1.56. The van der Waals surface area contributed by atoms with Crippen LogP contribution in [0.1, 0.15) is 12.5 Å². The van der Waals surface area contributed by atoms with Crippen LogP contribution in [0.15, 0.2) is 35.5 Å². The Morgan fingerprint density at radius 1 is 1.31 bits per heavy atom. The van der Waals surface area contributed by atoms with Crippen molar-refractivity contribution < 1.29 is 19.2 Å². The number of hydrogen-bond acceptors (Lipinski definition) is 5. The number of esters is 1. The molecule has 0 N–H and O–H groups in total. The van der Waals surface area contributed by atoms with Gasteiger partial charge in [0.05, 0.1) is 0 Å². The fraction of sp³-hybridized carbons (Fsp3) is 0.182. The highest BCUT2D eigenvalue weighted by atomic mass is 16.7. The predicted octanol–water partition coefficient (Wildman–Crippen LogP) is 1.28. The molecule has 0 fully saturated rings. The van der Waals surface area contributed by atoms with E-state index in [0.717, 1.165) is 11.8 Å². The molecule has 0 heterocycles. The van der Waals surface area contributed by atoms with Gasteiger partial charge in [-0.3, -0.25) is 0 Å². The maximum atomic E-state index is 11.0. The number of rotatable bonds is 4. The molecule has 0 aliphatic rings. The van der Waals surface area contributed by atoms with E-state index < -0.39 is 11.9 Å². The maximum Gasteiger partial charge on any atom is 0.353 e.